The van der Waals surface area contributed by atoms with E-state index in [1.807, 2.05) is 13.8 Å². The number of fused-ring (bicyclic) bond motifs is 7. The molecule has 1 aromatic rings. The molecule has 0 radical (unpaired) electrons. The molecule has 57 heavy (non-hydrogen) atoms. The normalized spacial score (nSPS) is 39.2. The van der Waals surface area contributed by atoms with Gasteiger partial charge >= 0.3 is 11.9 Å². The Balaban J connectivity index is 1.14. The summed E-state index contributed by atoms with van der Waals surface area (Å²) in [5.41, 5.74) is -0.593. The third kappa shape index (κ3) is 5.93. The van der Waals surface area contributed by atoms with Crippen LogP contribution in [0.2, 0.25) is 0 Å². The monoisotopic (exact) mass is 788 g/mol. The molecule has 0 saturated heterocycles. The SMILES string of the molecule is Cc1occc1C(=O)NC(C)(C)C(=O)N[C@@]12CC[C@]3(C)[C@H](CC[C@@H]4[C@@]5(C)CC[C@H](OC(=O)[C@H]6C[C@@H](C(=O)O)C6(C)C)C(C)(C)[C@@H]5CC[C@]43C)C1=C(C(C)C)C(=O)C2. The highest BCUT2D eigenvalue weighted by Gasteiger charge is 2.71. The van der Waals surface area contributed by atoms with Gasteiger partial charge in [0.2, 0.25) is 5.91 Å². The highest BCUT2D eigenvalue weighted by Crippen LogP contribution is 2.76. The quantitative estimate of drug-likeness (QED) is 0.222. The maximum atomic E-state index is 14.3. The first-order chi connectivity index (χ1) is 26.3. The van der Waals surface area contributed by atoms with Crippen molar-refractivity contribution in [3.8, 4) is 0 Å². The Kier molecular flexibility index (Phi) is 9.73. The number of ether oxygens (including phenoxy) is 1. The van der Waals surface area contributed by atoms with Crippen LogP contribution in [0.15, 0.2) is 27.9 Å². The molecule has 5 saturated carbocycles. The van der Waals surface area contributed by atoms with Gasteiger partial charge in [0.1, 0.15) is 17.4 Å². The maximum absolute atomic E-state index is 14.3. The first-order valence-corrected chi connectivity index (χ1v) is 21.7. The molecule has 5 fully saturated rings. The van der Waals surface area contributed by atoms with E-state index in [1.165, 1.54) is 6.26 Å². The number of Topliss-reactive ketones (excluding diaryl/α,β-unsaturated/α-hetero) is 1. The zero-order valence-electron chi connectivity index (χ0n) is 36.6. The average molecular weight is 789 g/mol. The minimum absolute atomic E-state index is 0.0171. The predicted molar refractivity (Wildman–Crippen MR) is 216 cm³/mol. The number of aliphatic carboxylic acids is 1. The van der Waals surface area contributed by atoms with Crippen molar-refractivity contribution >= 4 is 29.5 Å². The van der Waals surface area contributed by atoms with Crippen molar-refractivity contribution in [2.45, 2.75) is 164 Å². The van der Waals surface area contributed by atoms with Crippen molar-refractivity contribution in [3.05, 3.63) is 34.8 Å². The largest absolute Gasteiger partial charge is 0.481 e. The fourth-order valence-corrected chi connectivity index (χ4v) is 14.3. The highest BCUT2D eigenvalue weighted by molar-refractivity contribution is 6.03. The molecule has 10 heteroatoms. The van der Waals surface area contributed by atoms with Crippen molar-refractivity contribution in [2.24, 2.45) is 62.6 Å². The molecule has 2 amide bonds. The maximum Gasteiger partial charge on any atom is 0.309 e. The van der Waals surface area contributed by atoms with Gasteiger partial charge in [0.25, 0.3) is 5.91 Å². The number of aryl methyl sites for hydroxylation is 1. The minimum Gasteiger partial charge on any atom is -0.481 e. The molecule has 10 atom stereocenters. The van der Waals surface area contributed by atoms with Crippen LogP contribution < -0.4 is 10.6 Å². The number of hydrogen-bond donors (Lipinski definition) is 3. The minimum atomic E-state index is -1.24. The van der Waals surface area contributed by atoms with Crippen LogP contribution in [-0.2, 0) is 23.9 Å². The predicted octanol–water partition coefficient (Wildman–Crippen LogP) is 8.60. The van der Waals surface area contributed by atoms with E-state index in [1.54, 1.807) is 26.8 Å². The van der Waals surface area contributed by atoms with Gasteiger partial charge in [-0.2, -0.15) is 0 Å². The molecule has 0 aliphatic heterocycles. The number of ketones is 1. The van der Waals surface area contributed by atoms with E-state index in [9.17, 15) is 29.1 Å². The first-order valence-electron chi connectivity index (χ1n) is 21.7. The number of furan rings is 1. The molecule has 0 unspecified atom stereocenters. The van der Waals surface area contributed by atoms with Crippen molar-refractivity contribution in [1.82, 2.24) is 10.6 Å². The number of carbonyl (C=O) groups excluding carboxylic acids is 4. The first kappa shape index (κ1) is 41.7. The van der Waals surface area contributed by atoms with Gasteiger partial charge in [0.15, 0.2) is 5.78 Å². The topological polar surface area (TPSA) is 152 Å². The van der Waals surface area contributed by atoms with Crippen LogP contribution in [-0.4, -0.2) is 51.8 Å². The van der Waals surface area contributed by atoms with E-state index in [4.69, 9.17) is 9.15 Å². The summed E-state index contributed by atoms with van der Waals surface area (Å²) in [4.78, 5) is 67.1. The second kappa shape index (κ2) is 13.3. The van der Waals surface area contributed by atoms with Crippen molar-refractivity contribution in [2.75, 3.05) is 0 Å². The van der Waals surface area contributed by atoms with Crippen LogP contribution in [0.25, 0.3) is 0 Å². The number of rotatable bonds is 8. The molecule has 1 aromatic heterocycles. The average Bonchev–Trinajstić information content (AvgIpc) is 3.65. The smallest absolute Gasteiger partial charge is 0.309 e. The summed E-state index contributed by atoms with van der Waals surface area (Å²) in [6.07, 6.45) is 9.14. The number of carboxylic acids is 1. The fraction of sp³-hybridized carbons (Fsp3) is 0.766. The van der Waals surface area contributed by atoms with Crippen LogP contribution in [0.1, 0.15) is 156 Å². The molecule has 3 N–H and O–H groups in total. The summed E-state index contributed by atoms with van der Waals surface area (Å²) in [7, 11) is 0. The number of allylic oxidation sites excluding steroid dienone is 1. The van der Waals surface area contributed by atoms with E-state index in [0.717, 1.165) is 56.1 Å². The molecule has 7 rings (SSSR count). The Morgan fingerprint density at radius 1 is 0.877 bits per heavy atom. The lowest BCUT2D eigenvalue weighted by Crippen LogP contribution is -2.68. The summed E-state index contributed by atoms with van der Waals surface area (Å²) < 4.78 is 11.8. The van der Waals surface area contributed by atoms with Crippen LogP contribution in [0.3, 0.4) is 0 Å². The third-order valence-electron chi connectivity index (χ3n) is 17.9. The van der Waals surface area contributed by atoms with Crippen molar-refractivity contribution in [1.29, 1.82) is 0 Å². The second-order valence-corrected chi connectivity index (χ2v) is 22.0. The standard InChI is InChI=1S/C47H68N2O8/c1-25(2)35-31(50)24-47(49-40(55)43(8,9)48-37(51)27-17-22-56-26(27)3)21-20-45(11)28(36(35)47)13-14-33-44(10)18-16-34(42(6,7)32(44)15-19-46(33,45)12)57-39(54)30-23-29(38(52)53)41(30,4)5/h17,22,25,28-30,32-34H,13-16,18-21,23-24H2,1-12H3,(H,48,51)(H,49,55)(H,52,53)/t28-,29+,30-,32+,33-,34+,44+,45-,46-,47-/m1/s1. The Hall–Kier alpha value is -3.43. The van der Waals surface area contributed by atoms with Gasteiger partial charge < -0.3 is 24.9 Å². The molecular formula is C47H68N2O8. The number of nitrogens with one attached hydrogen (secondary N) is 2. The van der Waals surface area contributed by atoms with Crippen molar-refractivity contribution in [3.63, 3.8) is 0 Å². The van der Waals surface area contributed by atoms with Gasteiger partial charge in [-0.15, -0.1) is 0 Å². The van der Waals surface area contributed by atoms with Crippen LogP contribution >= 0.6 is 0 Å². The molecular weight excluding hydrogens is 721 g/mol. The van der Waals surface area contributed by atoms with Gasteiger partial charge in [-0.05, 0) is 141 Å². The fourth-order valence-electron chi connectivity index (χ4n) is 14.3. The van der Waals surface area contributed by atoms with E-state index in [0.29, 0.717) is 36.0 Å². The summed E-state index contributed by atoms with van der Waals surface area (Å²) in [6.45, 7) is 25.2. The molecule has 6 aliphatic rings. The lowest BCUT2D eigenvalue weighted by Gasteiger charge is -2.72. The van der Waals surface area contributed by atoms with E-state index in [-0.39, 0.29) is 69.6 Å². The number of esters is 1. The third-order valence-corrected chi connectivity index (χ3v) is 17.9. The number of carboxylic acid groups (broad SMARTS) is 1. The summed E-state index contributed by atoms with van der Waals surface area (Å²) in [5.74, 6) is -1.15. The van der Waals surface area contributed by atoms with Crippen LogP contribution in [0, 0.1) is 69.5 Å². The lowest BCUT2D eigenvalue weighted by atomic mass is 9.33. The lowest BCUT2D eigenvalue weighted by molar-refractivity contribution is -0.235. The molecule has 10 nitrogen and oxygen atoms in total. The van der Waals surface area contributed by atoms with Gasteiger partial charge in [-0.25, -0.2) is 0 Å². The van der Waals surface area contributed by atoms with E-state index >= 15 is 0 Å². The number of amides is 2. The van der Waals surface area contributed by atoms with E-state index < -0.39 is 34.3 Å². The van der Waals surface area contributed by atoms with Crippen molar-refractivity contribution < 1.29 is 38.2 Å². The molecule has 6 aliphatic carbocycles. The van der Waals surface area contributed by atoms with E-state index in [2.05, 4.69) is 59.1 Å². The Bertz CT molecular complexity index is 1920. The Morgan fingerprint density at radius 2 is 1.56 bits per heavy atom. The Morgan fingerprint density at radius 3 is 2.16 bits per heavy atom. The molecule has 0 aromatic carbocycles. The molecule has 1 heterocycles. The molecule has 314 valence electrons. The Labute approximate surface area is 339 Å². The summed E-state index contributed by atoms with van der Waals surface area (Å²) >= 11 is 0. The summed E-state index contributed by atoms with van der Waals surface area (Å²) in [5, 5.41) is 16.0. The highest BCUT2D eigenvalue weighted by atomic mass is 16.5. The molecule has 0 spiro atoms. The van der Waals surface area contributed by atoms with Crippen LogP contribution in [0.5, 0.6) is 0 Å². The van der Waals surface area contributed by atoms with Gasteiger partial charge in [0, 0.05) is 11.8 Å². The van der Waals surface area contributed by atoms with Gasteiger partial charge in [-0.3, -0.25) is 24.0 Å². The zero-order valence-corrected chi connectivity index (χ0v) is 36.6. The summed E-state index contributed by atoms with van der Waals surface area (Å²) in [6, 6.07) is 1.60. The number of hydrogen-bond acceptors (Lipinski definition) is 7. The van der Waals surface area contributed by atoms with Crippen LogP contribution in [0.4, 0.5) is 0 Å². The van der Waals surface area contributed by atoms with Gasteiger partial charge in [0.05, 0.1) is 29.2 Å². The second-order valence-electron chi connectivity index (χ2n) is 22.0. The number of carbonyl (C=O) groups is 5. The zero-order chi connectivity index (χ0) is 42.1. The van der Waals surface area contributed by atoms with Gasteiger partial charge in [-0.1, -0.05) is 62.3 Å². The molecule has 0 bridgehead atoms.